The van der Waals surface area contributed by atoms with Crippen LogP contribution >= 0.6 is 11.8 Å². The van der Waals surface area contributed by atoms with Gasteiger partial charge in [0.25, 0.3) is 10.0 Å². The summed E-state index contributed by atoms with van der Waals surface area (Å²) >= 11 is 1.53. The van der Waals surface area contributed by atoms with Gasteiger partial charge in [0.15, 0.2) is 0 Å². The second-order valence-electron chi connectivity index (χ2n) is 5.08. The summed E-state index contributed by atoms with van der Waals surface area (Å²) in [6, 6.07) is 18.2. The van der Waals surface area contributed by atoms with Gasteiger partial charge in [-0.25, -0.2) is 0 Å². The van der Waals surface area contributed by atoms with Crippen molar-refractivity contribution in [3.8, 4) is 0 Å². The van der Waals surface area contributed by atoms with Crippen LogP contribution in [0.25, 0.3) is 0 Å². The van der Waals surface area contributed by atoms with E-state index in [9.17, 15) is 8.42 Å². The van der Waals surface area contributed by atoms with Crippen molar-refractivity contribution in [3.05, 3.63) is 72.1 Å². The Morgan fingerprint density at radius 1 is 0.913 bits per heavy atom. The van der Waals surface area contributed by atoms with Gasteiger partial charge in [-0.3, -0.25) is 0 Å². The number of aryl methyl sites for hydroxylation is 1. The van der Waals surface area contributed by atoms with Crippen molar-refractivity contribution in [1.29, 1.82) is 0 Å². The topological polar surface area (TPSA) is 52.0 Å². The number of hydrogen-bond donors (Lipinski definition) is 0. The van der Waals surface area contributed by atoms with Crippen LogP contribution in [-0.2, 0) is 10.0 Å². The van der Waals surface area contributed by atoms with E-state index in [-0.39, 0.29) is 4.90 Å². The highest BCUT2D eigenvalue weighted by atomic mass is 32.2. The second kappa shape index (κ2) is 6.22. The lowest BCUT2D eigenvalue weighted by molar-refractivity contribution is 0.577. The van der Waals surface area contributed by atoms with Crippen LogP contribution in [-0.4, -0.2) is 17.6 Å². The summed E-state index contributed by atoms with van der Waals surface area (Å²) in [7, 11) is -3.67. The summed E-state index contributed by atoms with van der Waals surface area (Å²) in [4.78, 5) is 2.16. The summed E-state index contributed by atoms with van der Waals surface area (Å²) < 4.78 is 26.7. The largest absolute Gasteiger partial charge is 0.283 e. The Labute approximate surface area is 140 Å². The van der Waals surface area contributed by atoms with E-state index >= 15 is 0 Å². The Kier molecular flexibility index (Phi) is 4.28. The molecule has 0 fully saturated rings. The minimum Gasteiger partial charge on any atom is -0.199 e. The molecule has 0 aliphatic heterocycles. The fraction of sp³-hybridized carbons (Fsp3) is 0.118. The summed E-state index contributed by atoms with van der Waals surface area (Å²) in [6.07, 6.45) is 0. The van der Waals surface area contributed by atoms with Gasteiger partial charge < -0.3 is 0 Å². The molecule has 0 aliphatic rings. The Balaban J connectivity index is 2.05. The summed E-state index contributed by atoms with van der Waals surface area (Å²) in [6.45, 7) is 3.61. The number of aromatic nitrogens is 2. The predicted octanol–water partition coefficient (Wildman–Crippen LogP) is 3.89. The van der Waals surface area contributed by atoms with E-state index in [2.05, 4.69) is 5.10 Å². The molecule has 1 aromatic heterocycles. The van der Waals surface area contributed by atoms with Gasteiger partial charge in [0.05, 0.1) is 21.2 Å². The van der Waals surface area contributed by atoms with Crippen molar-refractivity contribution >= 4 is 21.8 Å². The molecule has 0 N–H and O–H groups in total. The van der Waals surface area contributed by atoms with Gasteiger partial charge >= 0.3 is 0 Å². The van der Waals surface area contributed by atoms with Crippen molar-refractivity contribution in [2.24, 2.45) is 0 Å². The van der Waals surface area contributed by atoms with E-state index in [1.54, 1.807) is 37.3 Å². The maximum Gasteiger partial charge on any atom is 0.283 e. The lowest BCUT2D eigenvalue weighted by atomic mass is 10.4. The van der Waals surface area contributed by atoms with Crippen LogP contribution in [0.4, 0.5) is 0 Å². The second-order valence-corrected chi connectivity index (χ2v) is 7.93. The van der Waals surface area contributed by atoms with Gasteiger partial charge in [-0.05, 0) is 38.1 Å². The lowest BCUT2D eigenvalue weighted by Gasteiger charge is -2.07. The standard InChI is InChI=1S/C17H16N2O2S2/c1-13-17(22-15-9-5-3-6-10-15)14(2)19(18-13)23(20,21)16-11-7-4-8-12-16/h3-12H,1-2H3. The molecule has 4 nitrogen and oxygen atoms in total. The number of benzene rings is 2. The first kappa shape index (κ1) is 15.8. The first-order valence-corrected chi connectivity index (χ1v) is 9.35. The maximum atomic E-state index is 12.8. The lowest BCUT2D eigenvalue weighted by Crippen LogP contribution is -2.16. The molecule has 0 radical (unpaired) electrons. The molecule has 2 aromatic carbocycles. The molecule has 0 saturated carbocycles. The summed E-state index contributed by atoms with van der Waals surface area (Å²) in [5, 5.41) is 4.26. The van der Waals surface area contributed by atoms with E-state index in [0.717, 1.165) is 13.9 Å². The van der Waals surface area contributed by atoms with Gasteiger partial charge in [-0.1, -0.05) is 48.2 Å². The average Bonchev–Trinajstić information content (AvgIpc) is 2.85. The van der Waals surface area contributed by atoms with Crippen LogP contribution in [0.1, 0.15) is 11.4 Å². The normalized spacial score (nSPS) is 11.6. The minimum absolute atomic E-state index is 0.238. The zero-order chi connectivity index (χ0) is 16.4. The maximum absolute atomic E-state index is 12.8. The van der Waals surface area contributed by atoms with E-state index in [1.165, 1.54) is 11.8 Å². The molecule has 3 rings (SSSR count). The Hall–Kier alpha value is -2.05. The highest BCUT2D eigenvalue weighted by molar-refractivity contribution is 7.99. The fourth-order valence-corrected chi connectivity index (χ4v) is 4.68. The van der Waals surface area contributed by atoms with Crippen molar-refractivity contribution in [2.45, 2.75) is 28.5 Å². The Morgan fingerprint density at radius 3 is 2.09 bits per heavy atom. The fourth-order valence-electron chi connectivity index (χ4n) is 2.29. The molecule has 0 spiro atoms. The SMILES string of the molecule is Cc1nn(S(=O)(=O)c2ccccc2)c(C)c1Sc1ccccc1. The molecule has 0 unspecified atom stereocenters. The highest BCUT2D eigenvalue weighted by Gasteiger charge is 2.23. The van der Waals surface area contributed by atoms with Crippen molar-refractivity contribution < 1.29 is 8.42 Å². The predicted molar refractivity (Wildman–Crippen MR) is 91.3 cm³/mol. The van der Waals surface area contributed by atoms with Gasteiger partial charge in [0.2, 0.25) is 0 Å². The van der Waals surface area contributed by atoms with Crippen LogP contribution in [0.15, 0.2) is 75.4 Å². The molecule has 0 amide bonds. The third-order valence-corrected chi connectivity index (χ3v) is 6.40. The minimum atomic E-state index is -3.67. The van der Waals surface area contributed by atoms with Gasteiger partial charge in [-0.2, -0.15) is 17.6 Å². The van der Waals surface area contributed by atoms with Crippen LogP contribution in [0.5, 0.6) is 0 Å². The number of hydrogen-bond acceptors (Lipinski definition) is 4. The van der Waals surface area contributed by atoms with E-state index in [1.807, 2.05) is 37.3 Å². The summed E-state index contributed by atoms with van der Waals surface area (Å²) in [5.41, 5.74) is 1.33. The molecular weight excluding hydrogens is 328 g/mol. The van der Waals surface area contributed by atoms with E-state index in [0.29, 0.717) is 11.4 Å². The van der Waals surface area contributed by atoms with Crippen LogP contribution in [0.2, 0.25) is 0 Å². The van der Waals surface area contributed by atoms with Crippen LogP contribution in [0.3, 0.4) is 0 Å². The molecule has 0 atom stereocenters. The molecule has 118 valence electrons. The molecule has 0 saturated heterocycles. The molecule has 0 bridgehead atoms. The monoisotopic (exact) mass is 344 g/mol. The smallest absolute Gasteiger partial charge is 0.199 e. The molecule has 23 heavy (non-hydrogen) atoms. The van der Waals surface area contributed by atoms with Crippen molar-refractivity contribution in [2.75, 3.05) is 0 Å². The van der Waals surface area contributed by atoms with E-state index < -0.39 is 10.0 Å². The van der Waals surface area contributed by atoms with E-state index in [4.69, 9.17) is 0 Å². The number of rotatable bonds is 4. The van der Waals surface area contributed by atoms with Gasteiger partial charge in [0, 0.05) is 4.90 Å². The molecule has 1 heterocycles. The van der Waals surface area contributed by atoms with Crippen LogP contribution < -0.4 is 0 Å². The molecule has 3 aromatic rings. The zero-order valence-electron chi connectivity index (χ0n) is 12.8. The summed E-state index contributed by atoms with van der Waals surface area (Å²) in [5.74, 6) is 0. The Bertz CT molecular complexity index is 918. The highest BCUT2D eigenvalue weighted by Crippen LogP contribution is 2.33. The van der Waals surface area contributed by atoms with Crippen LogP contribution in [0, 0.1) is 13.8 Å². The first-order chi connectivity index (χ1) is 11.0. The molecule has 0 aliphatic carbocycles. The van der Waals surface area contributed by atoms with Crippen molar-refractivity contribution in [1.82, 2.24) is 9.19 Å². The number of nitrogens with zero attached hydrogens (tertiary/aromatic N) is 2. The first-order valence-electron chi connectivity index (χ1n) is 7.10. The molecule has 6 heteroatoms. The third-order valence-electron chi connectivity index (χ3n) is 3.42. The third kappa shape index (κ3) is 3.04. The molecular formula is C17H16N2O2S2. The Morgan fingerprint density at radius 2 is 1.48 bits per heavy atom. The van der Waals surface area contributed by atoms with Gasteiger partial charge in [0.1, 0.15) is 0 Å². The van der Waals surface area contributed by atoms with Crippen molar-refractivity contribution in [3.63, 3.8) is 0 Å². The van der Waals surface area contributed by atoms with Gasteiger partial charge in [-0.15, -0.1) is 0 Å². The quantitative estimate of drug-likeness (QED) is 0.720. The average molecular weight is 344 g/mol. The zero-order valence-corrected chi connectivity index (χ0v) is 14.4.